The Morgan fingerprint density at radius 1 is 1.39 bits per heavy atom. The number of benzene rings is 1. The van der Waals surface area contributed by atoms with E-state index in [1.165, 1.54) is 12.1 Å². The molecule has 1 amide bonds. The van der Waals surface area contributed by atoms with Crippen molar-refractivity contribution in [1.82, 2.24) is 5.32 Å². The van der Waals surface area contributed by atoms with E-state index in [0.29, 0.717) is 12.0 Å². The van der Waals surface area contributed by atoms with Gasteiger partial charge in [-0.1, -0.05) is 13.0 Å². The third-order valence-corrected chi connectivity index (χ3v) is 3.37. The number of carbonyl (C=O) groups excluding carboxylic acids is 1. The second-order valence-electron chi connectivity index (χ2n) is 4.35. The number of amides is 1. The lowest BCUT2D eigenvalue weighted by molar-refractivity contribution is 0.0942. The summed E-state index contributed by atoms with van der Waals surface area (Å²) >= 11 is 0. The minimum Gasteiger partial charge on any atom is -0.350 e. The standard InChI is InChI=1S/C12H18N2O3S/c1-4-9-5-6-10(18(13,16)17)7-11(9)12(15)14-8(2)3/h5-8H,4H2,1-3H3,(H,14,15)(H2,13,16,17). The Labute approximate surface area is 107 Å². The summed E-state index contributed by atoms with van der Waals surface area (Å²) in [7, 11) is -3.79. The van der Waals surface area contributed by atoms with Crippen LogP contribution in [0.15, 0.2) is 23.1 Å². The van der Waals surface area contributed by atoms with E-state index in [1.807, 2.05) is 20.8 Å². The topological polar surface area (TPSA) is 89.3 Å². The van der Waals surface area contributed by atoms with Gasteiger partial charge in [0.1, 0.15) is 0 Å². The molecule has 0 radical (unpaired) electrons. The molecular weight excluding hydrogens is 252 g/mol. The van der Waals surface area contributed by atoms with E-state index in [4.69, 9.17) is 5.14 Å². The molecule has 0 bridgehead atoms. The fraction of sp³-hybridized carbons (Fsp3) is 0.417. The summed E-state index contributed by atoms with van der Waals surface area (Å²) in [6.45, 7) is 5.58. The second kappa shape index (κ2) is 5.49. The van der Waals surface area contributed by atoms with Crippen LogP contribution in [-0.4, -0.2) is 20.4 Å². The molecule has 0 atom stereocenters. The Balaban J connectivity index is 3.27. The van der Waals surface area contributed by atoms with Gasteiger partial charge in [0.25, 0.3) is 5.91 Å². The van der Waals surface area contributed by atoms with Gasteiger partial charge in [0.05, 0.1) is 4.90 Å². The Hall–Kier alpha value is -1.40. The largest absolute Gasteiger partial charge is 0.350 e. The van der Waals surface area contributed by atoms with E-state index in [1.54, 1.807) is 6.07 Å². The van der Waals surface area contributed by atoms with Crippen molar-refractivity contribution in [2.45, 2.75) is 38.1 Å². The number of hydrogen-bond acceptors (Lipinski definition) is 3. The molecule has 100 valence electrons. The average Bonchev–Trinajstić information content (AvgIpc) is 2.26. The van der Waals surface area contributed by atoms with Gasteiger partial charge >= 0.3 is 0 Å². The van der Waals surface area contributed by atoms with Crippen molar-refractivity contribution < 1.29 is 13.2 Å². The van der Waals surface area contributed by atoms with Gasteiger partial charge in [0.2, 0.25) is 10.0 Å². The Bertz CT molecular complexity index is 550. The first kappa shape index (κ1) is 14.7. The van der Waals surface area contributed by atoms with Gasteiger partial charge in [0.15, 0.2) is 0 Å². The van der Waals surface area contributed by atoms with Crippen LogP contribution in [0, 0.1) is 0 Å². The first-order chi connectivity index (χ1) is 8.25. The van der Waals surface area contributed by atoms with Gasteiger partial charge in [0, 0.05) is 11.6 Å². The quantitative estimate of drug-likeness (QED) is 0.856. The highest BCUT2D eigenvalue weighted by atomic mass is 32.2. The molecule has 0 fully saturated rings. The van der Waals surface area contributed by atoms with Crippen LogP contribution in [-0.2, 0) is 16.4 Å². The molecule has 0 aliphatic carbocycles. The smallest absolute Gasteiger partial charge is 0.251 e. The Morgan fingerprint density at radius 2 is 2.00 bits per heavy atom. The monoisotopic (exact) mass is 270 g/mol. The van der Waals surface area contributed by atoms with Gasteiger partial charge in [-0.2, -0.15) is 0 Å². The average molecular weight is 270 g/mol. The van der Waals surface area contributed by atoms with E-state index >= 15 is 0 Å². The highest BCUT2D eigenvalue weighted by Gasteiger charge is 2.16. The summed E-state index contributed by atoms with van der Waals surface area (Å²) in [5.74, 6) is -0.285. The fourth-order valence-electron chi connectivity index (χ4n) is 1.59. The predicted molar refractivity (Wildman–Crippen MR) is 69.8 cm³/mol. The van der Waals surface area contributed by atoms with Crippen molar-refractivity contribution >= 4 is 15.9 Å². The third kappa shape index (κ3) is 3.54. The third-order valence-electron chi connectivity index (χ3n) is 2.46. The zero-order chi connectivity index (χ0) is 13.9. The first-order valence-electron chi connectivity index (χ1n) is 5.72. The summed E-state index contributed by atoms with van der Waals surface area (Å²) in [5, 5.41) is 7.80. The zero-order valence-corrected chi connectivity index (χ0v) is 11.5. The van der Waals surface area contributed by atoms with Crippen molar-refractivity contribution in [1.29, 1.82) is 0 Å². The number of nitrogens with two attached hydrogens (primary N) is 1. The normalized spacial score (nSPS) is 11.6. The van der Waals surface area contributed by atoms with E-state index in [9.17, 15) is 13.2 Å². The van der Waals surface area contributed by atoms with Gasteiger partial charge in [-0.25, -0.2) is 13.6 Å². The van der Waals surface area contributed by atoms with Gasteiger partial charge in [-0.3, -0.25) is 4.79 Å². The number of aryl methyl sites for hydroxylation is 1. The van der Waals surface area contributed by atoms with Crippen molar-refractivity contribution in [2.24, 2.45) is 5.14 Å². The molecule has 0 spiro atoms. The maximum atomic E-state index is 12.0. The molecule has 0 saturated carbocycles. The molecule has 3 N–H and O–H groups in total. The van der Waals surface area contributed by atoms with E-state index in [-0.39, 0.29) is 16.8 Å². The molecule has 5 nitrogen and oxygen atoms in total. The second-order valence-corrected chi connectivity index (χ2v) is 5.91. The lowest BCUT2D eigenvalue weighted by Crippen LogP contribution is -2.31. The molecule has 1 rings (SSSR count). The SMILES string of the molecule is CCc1ccc(S(N)(=O)=O)cc1C(=O)NC(C)C. The van der Waals surface area contributed by atoms with Crippen LogP contribution < -0.4 is 10.5 Å². The molecule has 6 heteroatoms. The Morgan fingerprint density at radius 3 is 2.44 bits per heavy atom. The molecule has 0 saturated heterocycles. The van der Waals surface area contributed by atoms with Crippen molar-refractivity contribution in [3.63, 3.8) is 0 Å². The summed E-state index contributed by atoms with van der Waals surface area (Å²) in [4.78, 5) is 11.9. The number of rotatable bonds is 4. The van der Waals surface area contributed by atoms with Crippen molar-refractivity contribution in [3.8, 4) is 0 Å². The number of nitrogens with one attached hydrogen (secondary N) is 1. The molecule has 1 aromatic carbocycles. The minimum absolute atomic E-state index is 0.0136. The molecule has 18 heavy (non-hydrogen) atoms. The van der Waals surface area contributed by atoms with Crippen LogP contribution in [0.3, 0.4) is 0 Å². The highest BCUT2D eigenvalue weighted by Crippen LogP contribution is 2.16. The number of sulfonamides is 1. The lowest BCUT2D eigenvalue weighted by atomic mass is 10.0. The minimum atomic E-state index is -3.79. The summed E-state index contributed by atoms with van der Waals surface area (Å²) < 4.78 is 22.6. The number of hydrogen-bond donors (Lipinski definition) is 2. The molecule has 0 aliphatic rings. The Kier molecular flexibility index (Phi) is 4.48. The van der Waals surface area contributed by atoms with Gasteiger partial charge < -0.3 is 5.32 Å². The zero-order valence-electron chi connectivity index (χ0n) is 10.7. The van der Waals surface area contributed by atoms with E-state index < -0.39 is 10.0 Å². The lowest BCUT2D eigenvalue weighted by Gasteiger charge is -2.12. The molecule has 0 heterocycles. The number of carbonyl (C=O) groups is 1. The molecule has 0 aliphatic heterocycles. The van der Waals surface area contributed by atoms with E-state index in [0.717, 1.165) is 5.56 Å². The number of primary sulfonamides is 1. The van der Waals surface area contributed by atoms with E-state index in [2.05, 4.69) is 5.32 Å². The van der Waals surface area contributed by atoms with Gasteiger partial charge in [-0.15, -0.1) is 0 Å². The van der Waals surface area contributed by atoms with Crippen molar-refractivity contribution in [3.05, 3.63) is 29.3 Å². The van der Waals surface area contributed by atoms with Crippen LogP contribution in [0.4, 0.5) is 0 Å². The summed E-state index contributed by atoms with van der Waals surface area (Å²) in [6, 6.07) is 4.35. The van der Waals surface area contributed by atoms with Crippen LogP contribution in [0.5, 0.6) is 0 Å². The summed E-state index contributed by atoms with van der Waals surface area (Å²) in [6.07, 6.45) is 0.645. The van der Waals surface area contributed by atoms with Crippen molar-refractivity contribution in [2.75, 3.05) is 0 Å². The van der Waals surface area contributed by atoms with Crippen LogP contribution in [0.25, 0.3) is 0 Å². The first-order valence-corrected chi connectivity index (χ1v) is 7.27. The molecular formula is C12H18N2O3S. The van der Waals surface area contributed by atoms with Crippen LogP contribution >= 0.6 is 0 Å². The van der Waals surface area contributed by atoms with Crippen LogP contribution in [0.1, 0.15) is 36.7 Å². The molecule has 0 unspecified atom stereocenters. The maximum absolute atomic E-state index is 12.0. The predicted octanol–water partition coefficient (Wildman–Crippen LogP) is 1.03. The highest BCUT2D eigenvalue weighted by molar-refractivity contribution is 7.89. The maximum Gasteiger partial charge on any atom is 0.251 e. The molecule has 0 aromatic heterocycles. The van der Waals surface area contributed by atoms with Gasteiger partial charge in [-0.05, 0) is 38.0 Å². The van der Waals surface area contributed by atoms with Crippen LogP contribution in [0.2, 0.25) is 0 Å². The fourth-order valence-corrected chi connectivity index (χ4v) is 2.13. The molecule has 1 aromatic rings. The summed E-state index contributed by atoms with van der Waals surface area (Å²) in [5.41, 5.74) is 1.15.